The Morgan fingerprint density at radius 1 is 1.14 bits per heavy atom. The number of cyclic esters (lactones) is 1. The van der Waals surface area contributed by atoms with E-state index >= 15 is 0 Å². The summed E-state index contributed by atoms with van der Waals surface area (Å²) in [6.07, 6.45) is 3.54. The van der Waals surface area contributed by atoms with Crippen molar-refractivity contribution in [3.8, 4) is 0 Å². The molecule has 2 aliphatic rings. The SMILES string of the molecule is O=C(NC(=S)N1CCC(N2C(=O)OCC2Cc2ccccc2)CC1)c1ccco1. The number of carbonyl (C=O) groups excluding carboxylic acids is 2. The molecular formula is C21H23N3O4S. The van der Waals surface area contributed by atoms with Crippen molar-refractivity contribution < 1.29 is 18.7 Å². The summed E-state index contributed by atoms with van der Waals surface area (Å²) in [5, 5.41) is 3.09. The van der Waals surface area contributed by atoms with Gasteiger partial charge in [-0.3, -0.25) is 15.0 Å². The average molecular weight is 413 g/mol. The summed E-state index contributed by atoms with van der Waals surface area (Å²) in [6, 6.07) is 13.6. The zero-order valence-corrected chi connectivity index (χ0v) is 16.8. The van der Waals surface area contributed by atoms with E-state index in [1.54, 1.807) is 12.1 Å². The molecule has 29 heavy (non-hydrogen) atoms. The second kappa shape index (κ2) is 8.65. The highest BCUT2D eigenvalue weighted by Crippen LogP contribution is 2.26. The molecule has 4 rings (SSSR count). The number of thiocarbonyl (C=S) groups is 1. The Balaban J connectivity index is 1.32. The third-order valence-corrected chi connectivity index (χ3v) is 5.79. The minimum absolute atomic E-state index is 0.0482. The smallest absolute Gasteiger partial charge is 0.410 e. The molecule has 2 aromatic rings. The van der Waals surface area contributed by atoms with Gasteiger partial charge in [-0.05, 0) is 49.2 Å². The van der Waals surface area contributed by atoms with Crippen LogP contribution in [-0.4, -0.2) is 58.7 Å². The van der Waals surface area contributed by atoms with Crippen LogP contribution in [-0.2, 0) is 11.2 Å². The van der Waals surface area contributed by atoms with Crippen LogP contribution in [0.25, 0.3) is 0 Å². The maximum Gasteiger partial charge on any atom is 0.410 e. The number of ether oxygens (including phenoxy) is 1. The normalized spacial score (nSPS) is 19.9. The van der Waals surface area contributed by atoms with Crippen LogP contribution in [0.15, 0.2) is 53.1 Å². The maximum atomic E-state index is 12.4. The van der Waals surface area contributed by atoms with Gasteiger partial charge in [-0.1, -0.05) is 30.3 Å². The van der Waals surface area contributed by atoms with Crippen LogP contribution in [0, 0.1) is 0 Å². The third-order valence-electron chi connectivity index (χ3n) is 5.43. The van der Waals surface area contributed by atoms with Crippen LogP contribution >= 0.6 is 12.2 Å². The second-order valence-electron chi connectivity index (χ2n) is 7.28. The quantitative estimate of drug-likeness (QED) is 0.777. The number of nitrogens with zero attached hydrogens (tertiary/aromatic N) is 2. The van der Waals surface area contributed by atoms with E-state index in [1.165, 1.54) is 11.8 Å². The monoisotopic (exact) mass is 413 g/mol. The number of furan rings is 1. The molecule has 0 radical (unpaired) electrons. The van der Waals surface area contributed by atoms with Gasteiger partial charge < -0.3 is 14.1 Å². The van der Waals surface area contributed by atoms with Crippen molar-refractivity contribution in [2.24, 2.45) is 0 Å². The van der Waals surface area contributed by atoms with Gasteiger partial charge in [0.1, 0.15) is 6.61 Å². The molecule has 2 amide bonds. The van der Waals surface area contributed by atoms with E-state index in [4.69, 9.17) is 21.4 Å². The molecule has 1 aromatic carbocycles. The summed E-state index contributed by atoms with van der Waals surface area (Å²) < 4.78 is 10.4. The Kier molecular flexibility index (Phi) is 5.80. The van der Waals surface area contributed by atoms with Crippen molar-refractivity contribution in [3.63, 3.8) is 0 Å². The van der Waals surface area contributed by atoms with E-state index in [1.807, 2.05) is 28.0 Å². The number of nitrogens with one attached hydrogen (secondary N) is 1. The summed E-state index contributed by atoms with van der Waals surface area (Å²) in [6.45, 7) is 1.76. The van der Waals surface area contributed by atoms with Gasteiger partial charge in [0, 0.05) is 19.1 Å². The highest BCUT2D eigenvalue weighted by Gasteiger charge is 2.39. The summed E-state index contributed by atoms with van der Waals surface area (Å²) >= 11 is 5.38. The molecule has 2 saturated heterocycles. The van der Waals surface area contributed by atoms with E-state index in [-0.39, 0.29) is 29.8 Å². The van der Waals surface area contributed by atoms with Gasteiger partial charge in [0.2, 0.25) is 0 Å². The molecule has 152 valence electrons. The molecule has 1 unspecified atom stereocenters. The van der Waals surface area contributed by atoms with Crippen LogP contribution in [0.4, 0.5) is 4.79 Å². The number of piperidine rings is 1. The predicted octanol–water partition coefficient (Wildman–Crippen LogP) is 2.82. The Morgan fingerprint density at radius 2 is 1.90 bits per heavy atom. The Morgan fingerprint density at radius 3 is 2.59 bits per heavy atom. The summed E-state index contributed by atoms with van der Waals surface area (Å²) in [7, 11) is 0. The van der Waals surface area contributed by atoms with Gasteiger partial charge in [0.25, 0.3) is 5.91 Å². The Bertz CT molecular complexity index is 863. The van der Waals surface area contributed by atoms with Crippen LogP contribution in [0.3, 0.4) is 0 Å². The number of rotatable bonds is 4. The lowest BCUT2D eigenvalue weighted by atomic mass is 9.99. The van der Waals surface area contributed by atoms with E-state index in [2.05, 4.69) is 17.4 Å². The van der Waals surface area contributed by atoms with Gasteiger partial charge >= 0.3 is 6.09 Å². The van der Waals surface area contributed by atoms with Gasteiger partial charge in [0.15, 0.2) is 10.9 Å². The molecular weight excluding hydrogens is 390 g/mol. The Labute approximate surface area is 174 Å². The lowest BCUT2D eigenvalue weighted by molar-refractivity contribution is 0.0942. The fraction of sp³-hybridized carbons (Fsp3) is 0.381. The second-order valence-corrected chi connectivity index (χ2v) is 7.67. The van der Waals surface area contributed by atoms with Gasteiger partial charge in [-0.15, -0.1) is 0 Å². The number of benzene rings is 1. The van der Waals surface area contributed by atoms with Gasteiger partial charge in [0.05, 0.1) is 12.3 Å². The molecule has 1 atom stereocenters. The average Bonchev–Trinajstić information content (AvgIpc) is 3.39. The lowest BCUT2D eigenvalue weighted by Gasteiger charge is -2.38. The van der Waals surface area contributed by atoms with Crippen LogP contribution in [0.1, 0.15) is 29.0 Å². The number of hydrogen-bond donors (Lipinski definition) is 1. The number of amides is 2. The number of hydrogen-bond acceptors (Lipinski definition) is 5. The highest BCUT2D eigenvalue weighted by atomic mass is 32.1. The van der Waals surface area contributed by atoms with Crippen molar-refractivity contribution in [1.29, 1.82) is 0 Å². The van der Waals surface area contributed by atoms with Crippen LogP contribution in [0.2, 0.25) is 0 Å². The first-order valence-corrected chi connectivity index (χ1v) is 10.2. The number of likely N-dealkylation sites (tertiary alicyclic amines) is 1. The van der Waals surface area contributed by atoms with Crippen molar-refractivity contribution in [3.05, 3.63) is 60.1 Å². The van der Waals surface area contributed by atoms with E-state index in [0.29, 0.717) is 24.8 Å². The first-order valence-electron chi connectivity index (χ1n) is 9.74. The molecule has 3 heterocycles. The van der Waals surface area contributed by atoms with Crippen LogP contribution in [0.5, 0.6) is 0 Å². The molecule has 1 N–H and O–H groups in total. The summed E-state index contributed by atoms with van der Waals surface area (Å²) in [5.41, 5.74) is 1.19. The number of carbonyl (C=O) groups is 2. The van der Waals surface area contributed by atoms with E-state index in [9.17, 15) is 9.59 Å². The molecule has 0 spiro atoms. The first-order chi connectivity index (χ1) is 14.1. The Hall–Kier alpha value is -2.87. The topological polar surface area (TPSA) is 75.0 Å². The van der Waals surface area contributed by atoms with E-state index in [0.717, 1.165) is 19.3 Å². The standard InChI is InChI=1S/C21H23N3O4S/c25-19(18-7-4-12-27-18)22-20(29)23-10-8-16(9-11-23)24-17(14-28-21(24)26)13-15-5-2-1-3-6-15/h1-7,12,16-17H,8-11,13-14H2,(H,22,25,29). The van der Waals surface area contributed by atoms with Crippen molar-refractivity contribution >= 4 is 29.3 Å². The molecule has 7 nitrogen and oxygen atoms in total. The first kappa shape index (κ1) is 19.4. The lowest BCUT2D eigenvalue weighted by Crippen LogP contribution is -2.52. The van der Waals surface area contributed by atoms with Crippen molar-refractivity contribution in [1.82, 2.24) is 15.1 Å². The molecule has 2 aliphatic heterocycles. The molecule has 2 fully saturated rings. The van der Waals surface area contributed by atoms with Gasteiger partial charge in [-0.2, -0.15) is 0 Å². The fourth-order valence-electron chi connectivity index (χ4n) is 3.95. The van der Waals surface area contributed by atoms with Crippen molar-refractivity contribution in [2.75, 3.05) is 19.7 Å². The van der Waals surface area contributed by atoms with E-state index < -0.39 is 0 Å². The minimum Gasteiger partial charge on any atom is -0.459 e. The minimum atomic E-state index is -0.354. The van der Waals surface area contributed by atoms with Gasteiger partial charge in [-0.25, -0.2) is 4.79 Å². The largest absolute Gasteiger partial charge is 0.459 e. The maximum absolute atomic E-state index is 12.4. The molecule has 1 aromatic heterocycles. The highest BCUT2D eigenvalue weighted by molar-refractivity contribution is 7.80. The zero-order chi connectivity index (χ0) is 20.2. The molecule has 0 aliphatic carbocycles. The molecule has 8 heteroatoms. The summed E-state index contributed by atoms with van der Waals surface area (Å²) in [4.78, 5) is 28.3. The predicted molar refractivity (Wildman–Crippen MR) is 110 cm³/mol. The van der Waals surface area contributed by atoms with Crippen LogP contribution < -0.4 is 5.32 Å². The van der Waals surface area contributed by atoms with Crippen molar-refractivity contribution in [2.45, 2.75) is 31.3 Å². The zero-order valence-electron chi connectivity index (χ0n) is 16.0. The molecule has 0 saturated carbocycles. The molecule has 0 bridgehead atoms. The fourth-order valence-corrected chi connectivity index (χ4v) is 4.23. The third kappa shape index (κ3) is 4.42. The summed E-state index contributed by atoms with van der Waals surface area (Å²) in [5.74, 6) is -0.126.